The minimum Gasteiger partial charge on any atom is -0.118 e. The monoisotopic (exact) mass is 278 g/mol. The first-order valence-corrected chi connectivity index (χ1v) is 8.09. The average Bonchev–Trinajstić information content (AvgIpc) is 2.37. The number of halogens is 1. The van der Waals surface area contributed by atoms with Gasteiger partial charge in [-0.2, -0.15) is 0 Å². The molecule has 0 bridgehead atoms. The molecule has 1 aromatic carbocycles. The Morgan fingerprint density at radius 2 is 1.63 bits per heavy atom. The summed E-state index contributed by atoms with van der Waals surface area (Å²) in [6, 6.07) is 8.95. The van der Waals surface area contributed by atoms with E-state index in [0.717, 1.165) is 0 Å². The zero-order chi connectivity index (χ0) is 14.0. The first kappa shape index (κ1) is 14.9. The number of alkyl halides is 1. The second-order valence-corrected chi connectivity index (χ2v) is 7.53. The smallest absolute Gasteiger partial charge is 0.0618 e. The zero-order valence-electron chi connectivity index (χ0n) is 12.7. The molecule has 0 aromatic heterocycles. The molecule has 1 aromatic rings. The molecule has 0 saturated heterocycles. The minimum atomic E-state index is 0.163. The number of rotatable bonds is 3. The van der Waals surface area contributed by atoms with Gasteiger partial charge in [0.2, 0.25) is 0 Å². The van der Waals surface area contributed by atoms with Crippen LogP contribution in [0.15, 0.2) is 24.3 Å². The van der Waals surface area contributed by atoms with E-state index >= 15 is 0 Å². The van der Waals surface area contributed by atoms with E-state index in [0.29, 0.717) is 17.3 Å². The van der Waals surface area contributed by atoms with E-state index in [-0.39, 0.29) is 5.38 Å². The lowest BCUT2D eigenvalue weighted by molar-refractivity contribution is 0.133. The van der Waals surface area contributed by atoms with Gasteiger partial charge in [0.25, 0.3) is 0 Å². The Bertz CT molecular complexity index is 402. The summed E-state index contributed by atoms with van der Waals surface area (Å²) < 4.78 is 0. The minimum absolute atomic E-state index is 0.163. The summed E-state index contributed by atoms with van der Waals surface area (Å²) in [5.41, 5.74) is 3.07. The van der Waals surface area contributed by atoms with Gasteiger partial charge in [0.15, 0.2) is 0 Å². The Morgan fingerprint density at radius 1 is 1.05 bits per heavy atom. The highest BCUT2D eigenvalue weighted by atomic mass is 35.5. The Balaban J connectivity index is 2.16. The molecule has 0 heterocycles. The maximum absolute atomic E-state index is 6.80. The quantitative estimate of drug-likeness (QED) is 0.569. The SMILES string of the molecule is CC(C)c1ccc(C(Cl)C2CCCCC2(C)C)cc1. The molecule has 1 fully saturated rings. The third-order valence-electron chi connectivity index (χ3n) is 4.86. The first-order valence-electron chi connectivity index (χ1n) is 7.66. The molecule has 19 heavy (non-hydrogen) atoms. The fourth-order valence-electron chi connectivity index (χ4n) is 3.36. The zero-order valence-corrected chi connectivity index (χ0v) is 13.5. The molecule has 0 radical (unpaired) electrons. The molecular weight excluding hydrogens is 252 g/mol. The Morgan fingerprint density at radius 3 is 2.16 bits per heavy atom. The van der Waals surface area contributed by atoms with E-state index in [4.69, 9.17) is 11.6 Å². The molecular formula is C18H27Cl. The van der Waals surface area contributed by atoms with E-state index in [1.807, 2.05) is 0 Å². The summed E-state index contributed by atoms with van der Waals surface area (Å²) in [5.74, 6) is 1.20. The van der Waals surface area contributed by atoms with Crippen molar-refractivity contribution in [2.75, 3.05) is 0 Å². The van der Waals surface area contributed by atoms with Crippen LogP contribution in [0.25, 0.3) is 0 Å². The van der Waals surface area contributed by atoms with Gasteiger partial charge in [0.1, 0.15) is 0 Å². The third kappa shape index (κ3) is 3.34. The van der Waals surface area contributed by atoms with Gasteiger partial charge in [-0.15, -0.1) is 11.6 Å². The Hall–Kier alpha value is -0.490. The van der Waals surface area contributed by atoms with Crippen LogP contribution in [0.3, 0.4) is 0 Å². The summed E-state index contributed by atoms with van der Waals surface area (Å²) in [5, 5.41) is 0.163. The van der Waals surface area contributed by atoms with E-state index < -0.39 is 0 Å². The highest BCUT2D eigenvalue weighted by Gasteiger charge is 2.37. The van der Waals surface area contributed by atoms with Gasteiger partial charge in [-0.25, -0.2) is 0 Å². The van der Waals surface area contributed by atoms with Crippen molar-refractivity contribution in [2.24, 2.45) is 11.3 Å². The molecule has 0 amide bonds. The van der Waals surface area contributed by atoms with Crippen molar-refractivity contribution in [3.8, 4) is 0 Å². The van der Waals surface area contributed by atoms with Gasteiger partial charge in [-0.3, -0.25) is 0 Å². The molecule has 2 atom stereocenters. The highest BCUT2D eigenvalue weighted by molar-refractivity contribution is 6.21. The number of benzene rings is 1. The Labute approximate surface area is 123 Å². The molecule has 0 nitrogen and oxygen atoms in total. The largest absolute Gasteiger partial charge is 0.118 e. The van der Waals surface area contributed by atoms with Crippen LogP contribution < -0.4 is 0 Å². The van der Waals surface area contributed by atoms with Crippen molar-refractivity contribution in [2.45, 2.75) is 64.7 Å². The lowest BCUT2D eigenvalue weighted by atomic mass is 9.66. The van der Waals surface area contributed by atoms with Crippen molar-refractivity contribution in [1.82, 2.24) is 0 Å². The predicted octanol–water partition coefficient (Wildman–Crippen LogP) is 6.31. The average molecular weight is 279 g/mol. The van der Waals surface area contributed by atoms with Crippen LogP contribution in [-0.4, -0.2) is 0 Å². The van der Waals surface area contributed by atoms with Gasteiger partial charge in [-0.05, 0) is 41.2 Å². The second kappa shape index (κ2) is 5.87. The molecule has 0 aliphatic heterocycles. The maximum atomic E-state index is 6.80. The van der Waals surface area contributed by atoms with Gasteiger partial charge in [0, 0.05) is 0 Å². The molecule has 0 N–H and O–H groups in total. The second-order valence-electron chi connectivity index (χ2n) is 7.06. The molecule has 1 aliphatic carbocycles. The predicted molar refractivity (Wildman–Crippen MR) is 84.9 cm³/mol. The van der Waals surface area contributed by atoms with Crippen LogP contribution in [0, 0.1) is 11.3 Å². The summed E-state index contributed by atoms with van der Waals surface area (Å²) in [4.78, 5) is 0. The molecule has 2 rings (SSSR count). The summed E-state index contributed by atoms with van der Waals surface area (Å²) in [6.07, 6.45) is 5.28. The van der Waals surface area contributed by atoms with E-state index in [1.54, 1.807) is 0 Å². The molecule has 2 unspecified atom stereocenters. The lowest BCUT2D eigenvalue weighted by Crippen LogP contribution is -2.30. The van der Waals surface area contributed by atoms with Gasteiger partial charge in [-0.1, -0.05) is 64.8 Å². The van der Waals surface area contributed by atoms with Gasteiger partial charge in [0.05, 0.1) is 5.38 Å². The van der Waals surface area contributed by atoms with Crippen LogP contribution in [-0.2, 0) is 0 Å². The van der Waals surface area contributed by atoms with E-state index in [1.165, 1.54) is 36.8 Å². The van der Waals surface area contributed by atoms with Crippen LogP contribution in [0.5, 0.6) is 0 Å². The summed E-state index contributed by atoms with van der Waals surface area (Å²) >= 11 is 6.80. The molecule has 106 valence electrons. The number of hydrogen-bond acceptors (Lipinski definition) is 0. The highest BCUT2D eigenvalue weighted by Crippen LogP contribution is 2.49. The standard InChI is InChI=1S/C18H27Cl/c1-13(2)14-8-10-15(11-9-14)17(19)16-7-5-6-12-18(16,3)4/h8-11,13,16-17H,5-7,12H2,1-4H3. The van der Waals surface area contributed by atoms with Crippen LogP contribution in [0.1, 0.15) is 75.8 Å². The van der Waals surface area contributed by atoms with Crippen LogP contribution >= 0.6 is 11.6 Å². The lowest BCUT2D eigenvalue weighted by Gasteiger charge is -2.41. The molecule has 0 spiro atoms. The first-order chi connectivity index (χ1) is 8.92. The topological polar surface area (TPSA) is 0 Å². The van der Waals surface area contributed by atoms with Gasteiger partial charge < -0.3 is 0 Å². The van der Waals surface area contributed by atoms with Crippen molar-refractivity contribution < 1.29 is 0 Å². The summed E-state index contributed by atoms with van der Waals surface area (Å²) in [6.45, 7) is 9.23. The van der Waals surface area contributed by atoms with Crippen molar-refractivity contribution >= 4 is 11.6 Å². The van der Waals surface area contributed by atoms with Crippen molar-refractivity contribution in [3.63, 3.8) is 0 Å². The van der Waals surface area contributed by atoms with E-state index in [9.17, 15) is 0 Å². The van der Waals surface area contributed by atoms with Gasteiger partial charge >= 0.3 is 0 Å². The van der Waals surface area contributed by atoms with Crippen molar-refractivity contribution in [3.05, 3.63) is 35.4 Å². The fraction of sp³-hybridized carbons (Fsp3) is 0.667. The van der Waals surface area contributed by atoms with Crippen LogP contribution in [0.4, 0.5) is 0 Å². The van der Waals surface area contributed by atoms with Crippen LogP contribution in [0.2, 0.25) is 0 Å². The van der Waals surface area contributed by atoms with E-state index in [2.05, 4.69) is 52.0 Å². The normalized spacial score (nSPS) is 24.4. The number of hydrogen-bond donors (Lipinski definition) is 0. The molecule has 1 heteroatoms. The summed E-state index contributed by atoms with van der Waals surface area (Å²) in [7, 11) is 0. The maximum Gasteiger partial charge on any atom is 0.0618 e. The molecule has 1 aliphatic rings. The fourth-order valence-corrected chi connectivity index (χ4v) is 3.97. The third-order valence-corrected chi connectivity index (χ3v) is 5.42. The molecule has 1 saturated carbocycles. The Kier molecular flexibility index (Phi) is 4.61. The van der Waals surface area contributed by atoms with Crippen molar-refractivity contribution in [1.29, 1.82) is 0 Å².